The molecule has 4 rings (SSSR count). The number of para-hydroxylation sites is 2. The molecular formula is C25H33N7O. The number of rotatable bonds is 8. The lowest BCUT2D eigenvalue weighted by Crippen LogP contribution is -2.42. The van der Waals surface area contributed by atoms with Gasteiger partial charge in [-0.05, 0) is 31.5 Å². The smallest absolute Gasteiger partial charge is 0.192 e. The quantitative estimate of drug-likeness (QED) is 0.314. The number of fused-ring (bicyclic) bond motifs is 1. The molecule has 0 saturated heterocycles. The number of benzene rings is 2. The molecule has 0 spiro atoms. The van der Waals surface area contributed by atoms with E-state index in [1.165, 1.54) is 5.69 Å². The molecule has 8 heteroatoms. The Kier molecular flexibility index (Phi) is 7.44. The Morgan fingerprint density at radius 3 is 2.73 bits per heavy atom. The first-order valence-corrected chi connectivity index (χ1v) is 11.5. The van der Waals surface area contributed by atoms with Crippen LogP contribution >= 0.6 is 0 Å². The fourth-order valence-corrected chi connectivity index (χ4v) is 3.88. The number of aliphatic imine (C=N–C) groups is 1. The molecule has 33 heavy (non-hydrogen) atoms. The van der Waals surface area contributed by atoms with Gasteiger partial charge in [0.1, 0.15) is 18.1 Å². The molecule has 0 fully saturated rings. The maximum atomic E-state index is 5.82. The third kappa shape index (κ3) is 5.83. The minimum absolute atomic E-state index is 0.148. The van der Waals surface area contributed by atoms with Crippen LogP contribution in [-0.4, -0.2) is 47.5 Å². The topological polar surface area (TPSA) is 79.6 Å². The molecule has 8 nitrogen and oxygen atoms in total. The lowest BCUT2D eigenvalue weighted by molar-refractivity contribution is 0.261. The Bertz CT molecular complexity index is 1060. The summed E-state index contributed by atoms with van der Waals surface area (Å²) in [7, 11) is 4.09. The normalized spacial score (nSPS) is 15.5. The molecule has 1 aromatic heterocycles. The third-order valence-electron chi connectivity index (χ3n) is 5.99. The summed E-state index contributed by atoms with van der Waals surface area (Å²) in [5.41, 5.74) is 2.39. The van der Waals surface area contributed by atoms with Gasteiger partial charge in [-0.1, -0.05) is 36.4 Å². The number of aromatic nitrogens is 3. The Morgan fingerprint density at radius 1 is 1.15 bits per heavy atom. The van der Waals surface area contributed by atoms with Crippen molar-refractivity contribution < 1.29 is 4.74 Å². The van der Waals surface area contributed by atoms with E-state index in [9.17, 15) is 0 Å². The number of aryl methyl sites for hydroxylation is 1. The van der Waals surface area contributed by atoms with Crippen LogP contribution in [0.4, 0.5) is 5.69 Å². The van der Waals surface area contributed by atoms with Crippen molar-refractivity contribution in [1.82, 2.24) is 25.4 Å². The molecule has 1 unspecified atom stereocenters. The minimum atomic E-state index is 0.148. The summed E-state index contributed by atoms with van der Waals surface area (Å²) in [6.45, 7) is 4.85. The van der Waals surface area contributed by atoms with Gasteiger partial charge >= 0.3 is 0 Å². The first kappa shape index (κ1) is 22.6. The molecule has 1 aliphatic rings. The molecule has 0 bridgehead atoms. The molecule has 2 N–H and O–H groups in total. The largest absolute Gasteiger partial charge is 0.493 e. The average Bonchev–Trinajstić information content (AvgIpc) is 3.17. The van der Waals surface area contributed by atoms with Crippen LogP contribution in [0.5, 0.6) is 5.75 Å². The van der Waals surface area contributed by atoms with Crippen LogP contribution in [0.2, 0.25) is 0 Å². The van der Waals surface area contributed by atoms with Crippen molar-refractivity contribution in [2.75, 3.05) is 31.6 Å². The van der Waals surface area contributed by atoms with Crippen LogP contribution in [0.25, 0.3) is 0 Å². The van der Waals surface area contributed by atoms with Crippen molar-refractivity contribution in [3.63, 3.8) is 0 Å². The van der Waals surface area contributed by atoms with Gasteiger partial charge in [-0.15, -0.1) is 10.2 Å². The second-order valence-electron chi connectivity index (χ2n) is 8.30. The monoisotopic (exact) mass is 447 g/mol. The van der Waals surface area contributed by atoms with Crippen LogP contribution in [-0.2, 0) is 13.6 Å². The van der Waals surface area contributed by atoms with Crippen molar-refractivity contribution in [1.29, 1.82) is 0 Å². The van der Waals surface area contributed by atoms with E-state index in [4.69, 9.17) is 9.73 Å². The number of nitrogens with zero attached hydrogens (tertiary/aromatic N) is 5. The maximum absolute atomic E-state index is 5.82. The molecule has 2 aromatic carbocycles. The second-order valence-corrected chi connectivity index (χ2v) is 8.30. The van der Waals surface area contributed by atoms with Crippen LogP contribution < -0.4 is 20.3 Å². The van der Waals surface area contributed by atoms with E-state index < -0.39 is 0 Å². The molecule has 0 radical (unpaired) electrons. The Labute approximate surface area is 195 Å². The molecule has 0 aliphatic carbocycles. The minimum Gasteiger partial charge on any atom is -0.493 e. The molecule has 2 heterocycles. The molecule has 3 aromatic rings. The highest BCUT2D eigenvalue weighted by molar-refractivity contribution is 5.80. The number of guanidine groups is 1. The van der Waals surface area contributed by atoms with Crippen LogP contribution in [0.3, 0.4) is 0 Å². The van der Waals surface area contributed by atoms with Gasteiger partial charge in [0.05, 0.1) is 12.6 Å². The second kappa shape index (κ2) is 10.8. The van der Waals surface area contributed by atoms with E-state index in [1.54, 1.807) is 0 Å². The number of ether oxygens (including phenoxy) is 1. The zero-order valence-corrected chi connectivity index (χ0v) is 19.7. The van der Waals surface area contributed by atoms with Crippen molar-refractivity contribution >= 4 is 11.6 Å². The molecule has 1 atom stereocenters. The predicted molar refractivity (Wildman–Crippen MR) is 132 cm³/mol. The fraction of sp³-hybridized carbons (Fsp3) is 0.400. The average molecular weight is 448 g/mol. The zero-order valence-electron chi connectivity index (χ0n) is 19.7. The van der Waals surface area contributed by atoms with Gasteiger partial charge in [-0.2, -0.15) is 0 Å². The summed E-state index contributed by atoms with van der Waals surface area (Å²) < 4.78 is 7.79. The Hall–Kier alpha value is -3.55. The Balaban J connectivity index is 1.40. The SMILES string of the molecule is Cc1nnc(CN=C(NCCCN(C)c2ccccc2)NC2CCOc3ccccc32)n1C. The van der Waals surface area contributed by atoms with E-state index in [1.807, 2.05) is 42.8 Å². The summed E-state index contributed by atoms with van der Waals surface area (Å²) in [6, 6.07) is 18.8. The van der Waals surface area contributed by atoms with Gasteiger partial charge in [0.15, 0.2) is 11.8 Å². The van der Waals surface area contributed by atoms with Crippen LogP contribution in [0.1, 0.15) is 36.1 Å². The first-order chi connectivity index (χ1) is 16.1. The van der Waals surface area contributed by atoms with Gasteiger partial charge in [-0.25, -0.2) is 4.99 Å². The molecule has 0 saturated carbocycles. The highest BCUT2D eigenvalue weighted by atomic mass is 16.5. The van der Waals surface area contributed by atoms with Crippen molar-refractivity contribution in [3.05, 3.63) is 71.8 Å². The van der Waals surface area contributed by atoms with Crippen molar-refractivity contribution in [3.8, 4) is 5.75 Å². The summed E-state index contributed by atoms with van der Waals surface area (Å²) in [5, 5.41) is 15.5. The highest BCUT2D eigenvalue weighted by Crippen LogP contribution is 2.31. The van der Waals surface area contributed by atoms with Gasteiger partial charge < -0.3 is 24.8 Å². The van der Waals surface area contributed by atoms with E-state index in [2.05, 4.69) is 63.1 Å². The van der Waals surface area contributed by atoms with Crippen molar-refractivity contribution in [2.45, 2.75) is 32.4 Å². The zero-order chi connectivity index (χ0) is 23.0. The number of nitrogens with one attached hydrogen (secondary N) is 2. The van der Waals surface area contributed by atoms with Gasteiger partial charge in [-0.3, -0.25) is 0 Å². The fourth-order valence-electron chi connectivity index (χ4n) is 3.88. The lowest BCUT2D eigenvalue weighted by Gasteiger charge is -2.28. The number of hydrogen-bond donors (Lipinski definition) is 2. The molecular weight excluding hydrogens is 414 g/mol. The van der Waals surface area contributed by atoms with E-state index >= 15 is 0 Å². The lowest BCUT2D eigenvalue weighted by atomic mass is 10.0. The molecule has 174 valence electrons. The molecule has 1 aliphatic heterocycles. The standard InChI is InChI=1S/C25H33N7O/c1-19-29-30-24(32(19)3)18-27-25(26-15-9-16-31(2)20-10-5-4-6-11-20)28-22-14-17-33-23-13-8-7-12-21(22)23/h4-8,10-13,22H,9,14-18H2,1-3H3,(H2,26,27,28). The number of hydrogen-bond acceptors (Lipinski definition) is 5. The molecule has 0 amide bonds. The van der Waals surface area contributed by atoms with Crippen LogP contribution in [0, 0.1) is 6.92 Å². The summed E-state index contributed by atoms with van der Waals surface area (Å²) in [4.78, 5) is 7.09. The van der Waals surface area contributed by atoms with E-state index in [0.717, 1.165) is 54.9 Å². The highest BCUT2D eigenvalue weighted by Gasteiger charge is 2.22. The maximum Gasteiger partial charge on any atom is 0.192 e. The van der Waals surface area contributed by atoms with Crippen LogP contribution in [0.15, 0.2) is 59.6 Å². The summed E-state index contributed by atoms with van der Waals surface area (Å²) in [6.07, 6.45) is 1.87. The first-order valence-electron chi connectivity index (χ1n) is 11.5. The summed E-state index contributed by atoms with van der Waals surface area (Å²) in [5.74, 6) is 3.43. The third-order valence-corrected chi connectivity index (χ3v) is 5.99. The predicted octanol–water partition coefficient (Wildman–Crippen LogP) is 3.21. The van der Waals surface area contributed by atoms with E-state index in [0.29, 0.717) is 13.2 Å². The van der Waals surface area contributed by atoms with E-state index in [-0.39, 0.29) is 6.04 Å². The Morgan fingerprint density at radius 2 is 1.94 bits per heavy atom. The van der Waals surface area contributed by atoms with Gasteiger partial charge in [0.25, 0.3) is 0 Å². The van der Waals surface area contributed by atoms with Crippen molar-refractivity contribution in [2.24, 2.45) is 12.0 Å². The van der Waals surface area contributed by atoms with Gasteiger partial charge in [0.2, 0.25) is 0 Å². The number of anilines is 1. The van der Waals surface area contributed by atoms with Gasteiger partial charge in [0, 0.05) is 44.9 Å². The summed E-state index contributed by atoms with van der Waals surface area (Å²) >= 11 is 0.